The summed E-state index contributed by atoms with van der Waals surface area (Å²) in [6.07, 6.45) is 8.74. The molecular formula is C28H27N7O3S. The van der Waals surface area contributed by atoms with Gasteiger partial charge in [-0.1, -0.05) is 24.3 Å². The zero-order chi connectivity index (χ0) is 26.7. The van der Waals surface area contributed by atoms with Crippen LogP contribution in [0.15, 0.2) is 90.5 Å². The number of morpholine rings is 1. The zero-order valence-corrected chi connectivity index (χ0v) is 22.0. The maximum atomic E-state index is 12.7. The number of aromatic nitrogens is 5. The number of nitrogens with one attached hydrogen (secondary N) is 1. The van der Waals surface area contributed by atoms with E-state index in [1.807, 2.05) is 35.3 Å². The van der Waals surface area contributed by atoms with Crippen molar-refractivity contribution in [1.82, 2.24) is 29.6 Å². The van der Waals surface area contributed by atoms with Gasteiger partial charge in [0.05, 0.1) is 65.7 Å². The van der Waals surface area contributed by atoms with E-state index in [0.717, 1.165) is 72.8 Å². The Morgan fingerprint density at radius 3 is 2.54 bits per heavy atom. The second-order valence-corrected chi connectivity index (χ2v) is 11.0. The molecule has 0 unspecified atom stereocenters. The summed E-state index contributed by atoms with van der Waals surface area (Å²) < 4.78 is 35.5. The monoisotopic (exact) mass is 541 g/mol. The van der Waals surface area contributed by atoms with E-state index >= 15 is 0 Å². The third-order valence-corrected chi connectivity index (χ3v) is 7.99. The van der Waals surface area contributed by atoms with Crippen molar-refractivity contribution < 1.29 is 13.2 Å². The van der Waals surface area contributed by atoms with Gasteiger partial charge in [0, 0.05) is 43.2 Å². The molecule has 0 radical (unpaired) electrons. The third kappa shape index (κ3) is 5.80. The molecule has 0 atom stereocenters. The summed E-state index contributed by atoms with van der Waals surface area (Å²) in [6.45, 7) is 5.17. The number of ether oxygens (including phenoxy) is 1. The molecule has 0 saturated carbocycles. The average Bonchev–Trinajstić information content (AvgIpc) is 3.46. The molecule has 39 heavy (non-hydrogen) atoms. The van der Waals surface area contributed by atoms with Gasteiger partial charge in [0.1, 0.15) is 0 Å². The van der Waals surface area contributed by atoms with E-state index in [1.165, 1.54) is 6.20 Å². The molecule has 11 heteroatoms. The van der Waals surface area contributed by atoms with Crippen LogP contribution in [0, 0.1) is 0 Å². The summed E-state index contributed by atoms with van der Waals surface area (Å²) in [6, 6.07) is 15.7. The van der Waals surface area contributed by atoms with Gasteiger partial charge in [0.2, 0.25) is 0 Å². The number of hydrogen-bond donors (Lipinski definition) is 1. The number of fused-ring (bicyclic) bond motifs is 1. The predicted octanol–water partition coefficient (Wildman–Crippen LogP) is 3.69. The number of pyridine rings is 1. The number of hydrogen-bond acceptors (Lipinski definition) is 8. The van der Waals surface area contributed by atoms with Crippen molar-refractivity contribution in [2.45, 2.75) is 11.4 Å². The minimum absolute atomic E-state index is 0.188. The van der Waals surface area contributed by atoms with E-state index in [1.54, 1.807) is 48.8 Å². The van der Waals surface area contributed by atoms with E-state index in [2.05, 4.69) is 24.7 Å². The summed E-state index contributed by atoms with van der Waals surface area (Å²) in [5, 5.41) is 4.51. The highest BCUT2D eigenvalue weighted by Crippen LogP contribution is 2.27. The fourth-order valence-corrected chi connectivity index (χ4v) is 5.54. The van der Waals surface area contributed by atoms with Crippen molar-refractivity contribution in [2.24, 2.45) is 0 Å². The Kier molecular flexibility index (Phi) is 7.01. The lowest BCUT2D eigenvalue weighted by molar-refractivity contribution is 0.0360. The van der Waals surface area contributed by atoms with Gasteiger partial charge in [-0.3, -0.25) is 24.3 Å². The average molecular weight is 542 g/mol. The van der Waals surface area contributed by atoms with Gasteiger partial charge >= 0.3 is 0 Å². The van der Waals surface area contributed by atoms with Crippen LogP contribution in [0.4, 0.5) is 5.69 Å². The normalized spacial score (nSPS) is 14.5. The van der Waals surface area contributed by atoms with Gasteiger partial charge < -0.3 is 4.74 Å². The molecule has 1 aliphatic heterocycles. The summed E-state index contributed by atoms with van der Waals surface area (Å²) in [4.78, 5) is 16.2. The zero-order valence-electron chi connectivity index (χ0n) is 21.1. The largest absolute Gasteiger partial charge is 0.379 e. The van der Waals surface area contributed by atoms with Gasteiger partial charge in [0.25, 0.3) is 10.0 Å². The van der Waals surface area contributed by atoms with E-state index in [4.69, 9.17) is 9.72 Å². The molecule has 5 aromatic rings. The molecule has 0 amide bonds. The molecule has 0 aliphatic carbocycles. The molecule has 4 heterocycles. The highest BCUT2D eigenvalue weighted by Gasteiger charge is 2.15. The molecule has 2 aromatic carbocycles. The number of benzene rings is 2. The molecule has 1 fully saturated rings. The van der Waals surface area contributed by atoms with Gasteiger partial charge in [-0.15, -0.1) is 0 Å². The first-order valence-corrected chi connectivity index (χ1v) is 14.1. The molecule has 198 valence electrons. The van der Waals surface area contributed by atoms with Crippen LogP contribution in [0.1, 0.15) is 0 Å². The van der Waals surface area contributed by atoms with Crippen molar-refractivity contribution in [1.29, 1.82) is 0 Å². The minimum atomic E-state index is -3.72. The Hall–Kier alpha value is -4.19. The van der Waals surface area contributed by atoms with Crippen LogP contribution in [0.3, 0.4) is 0 Å². The lowest BCUT2D eigenvalue weighted by Gasteiger charge is -2.26. The molecule has 1 N–H and O–H groups in total. The van der Waals surface area contributed by atoms with E-state index in [-0.39, 0.29) is 4.90 Å². The topological polar surface area (TPSA) is 115 Å². The molecule has 1 aliphatic rings. The van der Waals surface area contributed by atoms with E-state index in [0.29, 0.717) is 5.69 Å². The van der Waals surface area contributed by atoms with Crippen molar-refractivity contribution in [3.05, 3.63) is 85.6 Å². The fraction of sp³-hybridized carbons (Fsp3) is 0.214. The summed E-state index contributed by atoms with van der Waals surface area (Å²) in [5.74, 6) is 0. The van der Waals surface area contributed by atoms with Gasteiger partial charge in [-0.25, -0.2) is 13.4 Å². The predicted molar refractivity (Wildman–Crippen MR) is 148 cm³/mol. The first-order valence-electron chi connectivity index (χ1n) is 12.7. The van der Waals surface area contributed by atoms with Crippen LogP contribution < -0.4 is 4.72 Å². The van der Waals surface area contributed by atoms with E-state index < -0.39 is 10.0 Å². The van der Waals surface area contributed by atoms with Crippen molar-refractivity contribution >= 4 is 26.7 Å². The van der Waals surface area contributed by atoms with Crippen LogP contribution in [0.2, 0.25) is 0 Å². The van der Waals surface area contributed by atoms with Gasteiger partial charge in [-0.2, -0.15) is 5.10 Å². The van der Waals surface area contributed by atoms with Gasteiger partial charge in [-0.05, 0) is 35.9 Å². The maximum absolute atomic E-state index is 12.7. The van der Waals surface area contributed by atoms with E-state index in [9.17, 15) is 8.42 Å². The first kappa shape index (κ1) is 25.1. The Labute approximate surface area is 226 Å². The lowest BCUT2D eigenvalue weighted by atomic mass is 10.1. The van der Waals surface area contributed by atoms with Crippen LogP contribution in [-0.2, 0) is 21.3 Å². The highest BCUT2D eigenvalue weighted by atomic mass is 32.2. The Balaban J connectivity index is 1.21. The standard InChI is InChI=1S/C28H27N7O3S/c36-39(37,25-4-2-1-3-5-25)33-24-14-22(16-29-18-24)21-6-7-26-27(15-21)32-28(19-30-26)23-17-31-35(20-23)9-8-34-10-12-38-13-11-34/h1-7,14-20,33H,8-13H2. The maximum Gasteiger partial charge on any atom is 0.261 e. The number of nitrogens with zero attached hydrogens (tertiary/aromatic N) is 6. The smallest absolute Gasteiger partial charge is 0.261 e. The SMILES string of the molecule is O=S(=O)(Nc1cncc(-c2ccc3ncc(-c4cnn(CCN5CCOCC5)c4)nc3c2)c1)c1ccccc1. The first-order chi connectivity index (χ1) is 19.0. The Morgan fingerprint density at radius 2 is 1.69 bits per heavy atom. The van der Waals surface area contributed by atoms with Crippen molar-refractivity contribution in [2.75, 3.05) is 37.6 Å². The summed E-state index contributed by atoms with van der Waals surface area (Å²) >= 11 is 0. The quantitative estimate of drug-likeness (QED) is 0.316. The summed E-state index contributed by atoms with van der Waals surface area (Å²) in [5.41, 5.74) is 5.10. The highest BCUT2D eigenvalue weighted by molar-refractivity contribution is 7.92. The molecule has 6 rings (SSSR count). The lowest BCUT2D eigenvalue weighted by Crippen LogP contribution is -2.38. The Bertz CT molecular complexity index is 1700. The second kappa shape index (κ2) is 10.9. The second-order valence-electron chi connectivity index (χ2n) is 9.29. The molecular weight excluding hydrogens is 514 g/mol. The van der Waals surface area contributed by atoms with Crippen LogP contribution in [0.5, 0.6) is 0 Å². The number of rotatable bonds is 8. The van der Waals surface area contributed by atoms with Crippen LogP contribution in [0.25, 0.3) is 33.4 Å². The Morgan fingerprint density at radius 1 is 0.846 bits per heavy atom. The van der Waals surface area contributed by atoms with Crippen LogP contribution in [-0.4, -0.2) is 70.9 Å². The number of anilines is 1. The minimum Gasteiger partial charge on any atom is -0.379 e. The molecule has 1 saturated heterocycles. The molecule has 0 bridgehead atoms. The molecule has 0 spiro atoms. The molecule has 3 aromatic heterocycles. The van der Waals surface area contributed by atoms with Gasteiger partial charge in [0.15, 0.2) is 0 Å². The third-order valence-electron chi connectivity index (χ3n) is 6.60. The number of sulfonamides is 1. The molecule has 10 nitrogen and oxygen atoms in total. The fourth-order valence-electron chi connectivity index (χ4n) is 4.48. The van der Waals surface area contributed by atoms with Crippen LogP contribution >= 0.6 is 0 Å². The van der Waals surface area contributed by atoms with Crippen molar-refractivity contribution in [3.8, 4) is 22.4 Å². The van der Waals surface area contributed by atoms with Crippen molar-refractivity contribution in [3.63, 3.8) is 0 Å². The summed E-state index contributed by atoms with van der Waals surface area (Å²) in [7, 11) is -3.72.